The molecule has 2 fully saturated rings. The highest BCUT2D eigenvalue weighted by Gasteiger charge is 2.25. The first-order valence-corrected chi connectivity index (χ1v) is 7.60. The summed E-state index contributed by atoms with van der Waals surface area (Å²) in [6.45, 7) is 7.09. The molecule has 0 amide bonds. The van der Waals surface area contributed by atoms with Crippen LogP contribution in [0.4, 0.5) is 17.8 Å². The molecule has 0 radical (unpaired) electrons. The van der Waals surface area contributed by atoms with Crippen molar-refractivity contribution in [2.45, 2.75) is 25.8 Å². The molecule has 1 aromatic heterocycles. The molecule has 116 valence electrons. The fourth-order valence-electron chi connectivity index (χ4n) is 2.85. The monoisotopic (exact) mass is 292 g/mol. The molecule has 21 heavy (non-hydrogen) atoms. The van der Waals surface area contributed by atoms with E-state index in [-0.39, 0.29) is 0 Å². The predicted molar refractivity (Wildman–Crippen MR) is 83.4 cm³/mol. The summed E-state index contributed by atoms with van der Waals surface area (Å²) in [6, 6.07) is 0.486. The molecule has 8 nitrogen and oxygen atoms in total. The van der Waals surface area contributed by atoms with E-state index >= 15 is 0 Å². The molecule has 0 aromatic carbocycles. The van der Waals surface area contributed by atoms with Gasteiger partial charge in [-0.1, -0.05) is 0 Å². The Bertz CT molecular complexity index is 487. The number of aromatic nitrogens is 3. The highest BCUT2D eigenvalue weighted by molar-refractivity contribution is 5.45. The third-order valence-corrected chi connectivity index (χ3v) is 4.37. The summed E-state index contributed by atoms with van der Waals surface area (Å²) in [5.74, 6) is 7.41. The standard InChI is InChI=1S/C13H24N8/c1-10-9-21(8-7-19(10)2)13-16-11(18-14)15-12(17-13)20-5-3-4-6-20/h10H,3-9,14H2,1-2H3,(H,15,16,17,18). The van der Waals surface area contributed by atoms with E-state index in [1.165, 1.54) is 12.8 Å². The summed E-state index contributed by atoms with van der Waals surface area (Å²) in [4.78, 5) is 20.2. The number of hydrogen-bond acceptors (Lipinski definition) is 8. The second-order valence-electron chi connectivity index (χ2n) is 5.87. The van der Waals surface area contributed by atoms with E-state index in [1.54, 1.807) is 0 Å². The minimum absolute atomic E-state index is 0.438. The molecule has 2 aliphatic heterocycles. The average Bonchev–Trinajstić information content (AvgIpc) is 3.04. The third kappa shape index (κ3) is 3.01. The van der Waals surface area contributed by atoms with E-state index in [2.05, 4.69) is 49.0 Å². The lowest BCUT2D eigenvalue weighted by Crippen LogP contribution is -2.50. The third-order valence-electron chi connectivity index (χ3n) is 4.37. The topological polar surface area (TPSA) is 86.4 Å². The summed E-state index contributed by atoms with van der Waals surface area (Å²) in [6.07, 6.45) is 2.38. The summed E-state index contributed by atoms with van der Waals surface area (Å²) in [5, 5.41) is 0. The molecule has 0 bridgehead atoms. The smallest absolute Gasteiger partial charge is 0.243 e. The Morgan fingerprint density at radius 1 is 1.00 bits per heavy atom. The molecule has 0 aliphatic carbocycles. The van der Waals surface area contributed by atoms with Crippen molar-refractivity contribution in [1.29, 1.82) is 0 Å². The normalized spacial score (nSPS) is 23.7. The van der Waals surface area contributed by atoms with Gasteiger partial charge in [-0.3, -0.25) is 5.43 Å². The number of piperazine rings is 1. The van der Waals surface area contributed by atoms with Crippen molar-refractivity contribution >= 4 is 17.8 Å². The highest BCUT2D eigenvalue weighted by Crippen LogP contribution is 2.21. The van der Waals surface area contributed by atoms with Crippen molar-refractivity contribution < 1.29 is 0 Å². The first-order valence-electron chi connectivity index (χ1n) is 7.60. The first-order chi connectivity index (χ1) is 10.2. The molecule has 3 heterocycles. The number of hydrogen-bond donors (Lipinski definition) is 2. The Labute approximate surface area is 125 Å². The van der Waals surface area contributed by atoms with Crippen molar-refractivity contribution in [3.05, 3.63) is 0 Å². The zero-order valence-corrected chi connectivity index (χ0v) is 12.8. The number of rotatable bonds is 3. The van der Waals surface area contributed by atoms with Crippen molar-refractivity contribution in [2.75, 3.05) is 55.0 Å². The van der Waals surface area contributed by atoms with Gasteiger partial charge in [0, 0.05) is 38.8 Å². The Morgan fingerprint density at radius 2 is 1.67 bits per heavy atom. The maximum absolute atomic E-state index is 5.52. The van der Waals surface area contributed by atoms with Crippen molar-refractivity contribution in [3.63, 3.8) is 0 Å². The zero-order chi connectivity index (χ0) is 14.8. The number of likely N-dealkylation sites (N-methyl/N-ethyl adjacent to an activating group) is 1. The van der Waals surface area contributed by atoms with E-state index in [0.29, 0.717) is 12.0 Å². The van der Waals surface area contributed by atoms with Crippen LogP contribution in [-0.2, 0) is 0 Å². The maximum atomic E-state index is 5.52. The van der Waals surface area contributed by atoms with Gasteiger partial charge in [0.1, 0.15) is 0 Å². The SMILES string of the molecule is CC1CN(c2nc(NN)nc(N3CCCC3)n2)CCN1C. The molecule has 3 rings (SSSR count). The fraction of sp³-hybridized carbons (Fsp3) is 0.769. The second-order valence-corrected chi connectivity index (χ2v) is 5.87. The zero-order valence-electron chi connectivity index (χ0n) is 12.8. The van der Waals surface area contributed by atoms with Crippen LogP contribution in [0.25, 0.3) is 0 Å². The Hall–Kier alpha value is -1.67. The number of nitrogens with two attached hydrogens (primary N) is 1. The average molecular weight is 292 g/mol. The van der Waals surface area contributed by atoms with Gasteiger partial charge in [-0.25, -0.2) is 5.84 Å². The molecule has 2 aliphatic rings. The minimum Gasteiger partial charge on any atom is -0.341 e. The maximum Gasteiger partial charge on any atom is 0.243 e. The molecule has 0 spiro atoms. The molecule has 3 N–H and O–H groups in total. The number of nitrogens with zero attached hydrogens (tertiary/aromatic N) is 6. The molecule has 1 unspecified atom stereocenters. The first kappa shape index (κ1) is 14.3. The number of nitrogen functional groups attached to an aromatic ring is 1. The second kappa shape index (κ2) is 5.98. The number of anilines is 3. The minimum atomic E-state index is 0.438. The van der Waals surface area contributed by atoms with E-state index < -0.39 is 0 Å². The molecule has 8 heteroatoms. The summed E-state index contributed by atoms with van der Waals surface area (Å²) in [7, 11) is 2.15. The van der Waals surface area contributed by atoms with Gasteiger partial charge in [0.2, 0.25) is 17.8 Å². The lowest BCUT2D eigenvalue weighted by molar-refractivity contribution is 0.233. The largest absolute Gasteiger partial charge is 0.341 e. The van der Waals surface area contributed by atoms with Gasteiger partial charge in [-0.05, 0) is 26.8 Å². The van der Waals surface area contributed by atoms with Crippen LogP contribution in [0.2, 0.25) is 0 Å². The summed E-state index contributed by atoms with van der Waals surface area (Å²) in [5.41, 5.74) is 2.56. The quantitative estimate of drug-likeness (QED) is 0.590. The molecule has 1 atom stereocenters. The van der Waals surface area contributed by atoms with Crippen LogP contribution in [0.5, 0.6) is 0 Å². The van der Waals surface area contributed by atoms with Crippen LogP contribution >= 0.6 is 0 Å². The van der Waals surface area contributed by atoms with Crippen molar-refractivity contribution in [2.24, 2.45) is 5.84 Å². The summed E-state index contributed by atoms with van der Waals surface area (Å²) < 4.78 is 0. The van der Waals surface area contributed by atoms with E-state index in [1.807, 2.05) is 0 Å². The van der Waals surface area contributed by atoms with Crippen LogP contribution in [0.15, 0.2) is 0 Å². The van der Waals surface area contributed by atoms with Crippen molar-refractivity contribution in [1.82, 2.24) is 19.9 Å². The molecular formula is C13H24N8. The number of hydrazine groups is 1. The van der Waals surface area contributed by atoms with Crippen LogP contribution in [0.1, 0.15) is 19.8 Å². The van der Waals surface area contributed by atoms with Crippen LogP contribution in [0, 0.1) is 0 Å². The predicted octanol–water partition coefficient (Wildman–Crippen LogP) is -0.102. The molecule has 1 aromatic rings. The number of nitrogens with one attached hydrogen (secondary N) is 1. The van der Waals surface area contributed by atoms with Crippen LogP contribution in [0.3, 0.4) is 0 Å². The van der Waals surface area contributed by atoms with Gasteiger partial charge in [-0.15, -0.1) is 0 Å². The fourth-order valence-corrected chi connectivity index (χ4v) is 2.85. The lowest BCUT2D eigenvalue weighted by atomic mass is 10.2. The van der Waals surface area contributed by atoms with Gasteiger partial charge >= 0.3 is 0 Å². The van der Waals surface area contributed by atoms with Crippen LogP contribution < -0.4 is 21.1 Å². The van der Waals surface area contributed by atoms with Gasteiger partial charge in [0.05, 0.1) is 0 Å². The highest BCUT2D eigenvalue weighted by atomic mass is 15.4. The van der Waals surface area contributed by atoms with Gasteiger partial charge < -0.3 is 14.7 Å². The van der Waals surface area contributed by atoms with Crippen LogP contribution in [-0.4, -0.2) is 65.7 Å². The van der Waals surface area contributed by atoms with Gasteiger partial charge in [0.25, 0.3) is 0 Å². The lowest BCUT2D eigenvalue weighted by Gasteiger charge is -2.37. The molecular weight excluding hydrogens is 268 g/mol. The summed E-state index contributed by atoms with van der Waals surface area (Å²) >= 11 is 0. The van der Waals surface area contributed by atoms with Crippen molar-refractivity contribution in [3.8, 4) is 0 Å². The molecule has 2 saturated heterocycles. The Morgan fingerprint density at radius 3 is 2.29 bits per heavy atom. The van der Waals surface area contributed by atoms with E-state index in [4.69, 9.17) is 5.84 Å². The van der Waals surface area contributed by atoms with E-state index in [0.717, 1.165) is 44.6 Å². The molecule has 0 saturated carbocycles. The Balaban J connectivity index is 1.85. The van der Waals surface area contributed by atoms with Gasteiger partial charge in [-0.2, -0.15) is 15.0 Å². The Kier molecular flexibility index (Phi) is 4.07. The van der Waals surface area contributed by atoms with E-state index in [9.17, 15) is 0 Å². The van der Waals surface area contributed by atoms with Gasteiger partial charge in [0.15, 0.2) is 0 Å².